The fourth-order valence-electron chi connectivity index (χ4n) is 1.65. The van der Waals surface area contributed by atoms with E-state index in [2.05, 4.69) is 0 Å². The first-order chi connectivity index (χ1) is 7.24. The summed E-state index contributed by atoms with van der Waals surface area (Å²) in [5, 5.41) is 0. The molecule has 0 aliphatic carbocycles. The van der Waals surface area contributed by atoms with Crippen LogP contribution in [0.2, 0.25) is 0 Å². The standard InChI is InChI=1S/C9H15NO5S/c1-6-7(2)9(12)10(8(6)11)4-3-5-16(13,14)15/h6-7H,3-5H2,1-2H3,(H,13,14,15)/p-1. The molecular formula is C9H14NO5S-. The van der Waals surface area contributed by atoms with Crippen LogP contribution in [-0.4, -0.2) is 42.0 Å². The predicted molar refractivity (Wildman–Crippen MR) is 54.2 cm³/mol. The highest BCUT2D eigenvalue weighted by molar-refractivity contribution is 7.85. The van der Waals surface area contributed by atoms with E-state index in [0.717, 1.165) is 4.90 Å². The van der Waals surface area contributed by atoms with E-state index < -0.39 is 15.9 Å². The average Bonchev–Trinajstić information content (AvgIpc) is 2.33. The Morgan fingerprint density at radius 3 is 2.00 bits per heavy atom. The molecule has 1 aliphatic rings. The smallest absolute Gasteiger partial charge is 0.232 e. The maximum Gasteiger partial charge on any atom is 0.232 e. The van der Waals surface area contributed by atoms with E-state index in [1.165, 1.54) is 0 Å². The van der Waals surface area contributed by atoms with Gasteiger partial charge in [-0.25, -0.2) is 8.42 Å². The van der Waals surface area contributed by atoms with E-state index in [0.29, 0.717) is 0 Å². The van der Waals surface area contributed by atoms with Crippen molar-refractivity contribution >= 4 is 21.9 Å². The molecule has 0 aromatic heterocycles. The van der Waals surface area contributed by atoms with Crippen molar-refractivity contribution in [3.05, 3.63) is 0 Å². The molecule has 2 unspecified atom stereocenters. The molecule has 0 aromatic rings. The van der Waals surface area contributed by atoms with Gasteiger partial charge in [-0.15, -0.1) is 0 Å². The third-order valence-electron chi connectivity index (χ3n) is 2.84. The quantitative estimate of drug-likeness (QED) is 0.496. The van der Waals surface area contributed by atoms with Crippen molar-refractivity contribution < 1.29 is 22.6 Å². The van der Waals surface area contributed by atoms with Crippen LogP contribution in [0.4, 0.5) is 0 Å². The largest absolute Gasteiger partial charge is 0.748 e. The first-order valence-corrected chi connectivity index (χ1v) is 6.60. The van der Waals surface area contributed by atoms with Gasteiger partial charge in [0, 0.05) is 24.1 Å². The SMILES string of the molecule is CC1C(=O)N(CCCS(=O)(=O)[O-])C(=O)C1C. The average molecular weight is 248 g/mol. The zero-order chi connectivity index (χ0) is 12.5. The summed E-state index contributed by atoms with van der Waals surface area (Å²) >= 11 is 0. The van der Waals surface area contributed by atoms with Gasteiger partial charge >= 0.3 is 0 Å². The van der Waals surface area contributed by atoms with Crippen molar-refractivity contribution in [1.29, 1.82) is 0 Å². The topological polar surface area (TPSA) is 94.6 Å². The zero-order valence-electron chi connectivity index (χ0n) is 9.17. The molecule has 1 saturated heterocycles. The molecule has 1 aliphatic heterocycles. The van der Waals surface area contributed by atoms with Gasteiger partial charge in [0.05, 0.1) is 10.1 Å². The van der Waals surface area contributed by atoms with Gasteiger partial charge in [0.15, 0.2) is 0 Å². The number of nitrogens with zero attached hydrogens (tertiary/aromatic N) is 1. The number of carbonyl (C=O) groups is 2. The van der Waals surface area contributed by atoms with Gasteiger partial charge in [-0.2, -0.15) is 0 Å². The summed E-state index contributed by atoms with van der Waals surface area (Å²) in [6, 6.07) is 0. The van der Waals surface area contributed by atoms with Crippen LogP contribution in [0.1, 0.15) is 20.3 Å². The fraction of sp³-hybridized carbons (Fsp3) is 0.778. The second kappa shape index (κ2) is 4.50. The van der Waals surface area contributed by atoms with Crippen LogP contribution in [0.25, 0.3) is 0 Å². The Morgan fingerprint density at radius 2 is 1.62 bits per heavy atom. The highest BCUT2D eigenvalue weighted by Gasteiger charge is 2.41. The minimum absolute atomic E-state index is 0.00273. The molecule has 0 bridgehead atoms. The van der Waals surface area contributed by atoms with Gasteiger partial charge in [0.1, 0.15) is 0 Å². The van der Waals surface area contributed by atoms with Crippen LogP contribution in [0.5, 0.6) is 0 Å². The van der Waals surface area contributed by atoms with Crippen LogP contribution in [0.15, 0.2) is 0 Å². The van der Waals surface area contributed by atoms with Crippen LogP contribution in [0.3, 0.4) is 0 Å². The highest BCUT2D eigenvalue weighted by Crippen LogP contribution is 2.25. The summed E-state index contributed by atoms with van der Waals surface area (Å²) in [4.78, 5) is 24.2. The molecule has 16 heavy (non-hydrogen) atoms. The van der Waals surface area contributed by atoms with Crippen LogP contribution < -0.4 is 0 Å². The molecule has 7 heteroatoms. The van der Waals surface area contributed by atoms with E-state index >= 15 is 0 Å². The van der Waals surface area contributed by atoms with Gasteiger partial charge in [-0.1, -0.05) is 13.8 Å². The lowest BCUT2D eigenvalue weighted by atomic mass is 10.00. The Balaban J connectivity index is 2.56. The monoisotopic (exact) mass is 248 g/mol. The summed E-state index contributed by atoms with van der Waals surface area (Å²) < 4.78 is 31.1. The minimum atomic E-state index is -4.28. The molecule has 1 rings (SSSR count). The Morgan fingerprint density at radius 1 is 1.19 bits per heavy atom. The van der Waals surface area contributed by atoms with Crippen molar-refractivity contribution in [3.63, 3.8) is 0 Å². The summed E-state index contributed by atoms with van der Waals surface area (Å²) in [6.45, 7) is 3.33. The first kappa shape index (κ1) is 13.1. The van der Waals surface area contributed by atoms with E-state index in [1.807, 2.05) is 0 Å². The Hall–Kier alpha value is -0.950. The predicted octanol–water partition coefficient (Wildman–Crippen LogP) is -0.437. The molecule has 2 atom stereocenters. The van der Waals surface area contributed by atoms with Crippen molar-refractivity contribution in [2.24, 2.45) is 11.8 Å². The van der Waals surface area contributed by atoms with E-state index in [1.54, 1.807) is 13.8 Å². The molecule has 1 fully saturated rings. The summed E-state index contributed by atoms with van der Waals surface area (Å²) in [5.74, 6) is -1.86. The van der Waals surface area contributed by atoms with Crippen LogP contribution in [-0.2, 0) is 19.7 Å². The van der Waals surface area contributed by atoms with Crippen molar-refractivity contribution in [2.45, 2.75) is 20.3 Å². The number of amides is 2. The second-order valence-corrected chi connectivity index (χ2v) is 5.54. The molecule has 0 spiro atoms. The molecule has 1 heterocycles. The second-order valence-electron chi connectivity index (χ2n) is 4.02. The van der Waals surface area contributed by atoms with E-state index in [4.69, 9.17) is 0 Å². The lowest BCUT2D eigenvalue weighted by molar-refractivity contribution is -0.139. The fourth-order valence-corrected chi connectivity index (χ4v) is 2.13. The zero-order valence-corrected chi connectivity index (χ0v) is 9.99. The lowest BCUT2D eigenvalue weighted by Gasteiger charge is -2.14. The molecule has 0 saturated carbocycles. The van der Waals surface area contributed by atoms with Gasteiger partial charge in [0.2, 0.25) is 11.8 Å². The van der Waals surface area contributed by atoms with Gasteiger partial charge in [-0.3, -0.25) is 14.5 Å². The lowest BCUT2D eigenvalue weighted by Crippen LogP contribution is -2.32. The normalized spacial score (nSPS) is 26.6. The Labute approximate surface area is 94.4 Å². The molecule has 0 aromatic carbocycles. The molecule has 0 N–H and O–H groups in total. The third-order valence-corrected chi connectivity index (χ3v) is 3.63. The number of imide groups is 1. The first-order valence-electron chi connectivity index (χ1n) is 5.03. The third kappa shape index (κ3) is 2.79. The molecule has 6 nitrogen and oxygen atoms in total. The Bertz CT molecular complexity index is 382. The number of likely N-dealkylation sites (tertiary alicyclic amines) is 1. The van der Waals surface area contributed by atoms with Gasteiger partial charge in [-0.05, 0) is 6.42 Å². The van der Waals surface area contributed by atoms with E-state index in [-0.39, 0.29) is 36.6 Å². The van der Waals surface area contributed by atoms with Crippen molar-refractivity contribution in [2.75, 3.05) is 12.3 Å². The highest BCUT2D eigenvalue weighted by atomic mass is 32.2. The van der Waals surface area contributed by atoms with Crippen molar-refractivity contribution in [3.8, 4) is 0 Å². The van der Waals surface area contributed by atoms with Gasteiger partial charge < -0.3 is 4.55 Å². The summed E-state index contributed by atoms with van der Waals surface area (Å²) in [5.41, 5.74) is 0. The molecular weight excluding hydrogens is 234 g/mol. The minimum Gasteiger partial charge on any atom is -0.748 e. The van der Waals surface area contributed by atoms with Crippen LogP contribution >= 0.6 is 0 Å². The maximum atomic E-state index is 11.6. The van der Waals surface area contributed by atoms with E-state index in [9.17, 15) is 22.6 Å². The molecule has 2 amide bonds. The number of rotatable bonds is 4. The number of hydrogen-bond donors (Lipinski definition) is 0. The summed E-state index contributed by atoms with van der Waals surface area (Å²) in [6.07, 6.45) is 0.00273. The Kier molecular flexibility index (Phi) is 3.69. The van der Waals surface area contributed by atoms with Gasteiger partial charge in [0.25, 0.3) is 0 Å². The number of carbonyl (C=O) groups excluding carboxylic acids is 2. The molecule has 0 radical (unpaired) electrons. The molecule has 92 valence electrons. The van der Waals surface area contributed by atoms with Crippen LogP contribution in [0, 0.1) is 11.8 Å². The number of hydrogen-bond acceptors (Lipinski definition) is 5. The maximum absolute atomic E-state index is 11.6. The summed E-state index contributed by atoms with van der Waals surface area (Å²) in [7, 11) is -4.28. The van der Waals surface area contributed by atoms with Crippen molar-refractivity contribution in [1.82, 2.24) is 4.90 Å².